The zero-order chi connectivity index (χ0) is 20.6. The molecule has 4 rings (SSSR count). The van der Waals surface area contributed by atoms with Crippen LogP contribution in [0.5, 0.6) is 0 Å². The summed E-state index contributed by atoms with van der Waals surface area (Å²) >= 11 is 0. The predicted octanol–water partition coefficient (Wildman–Crippen LogP) is 4.82. The fourth-order valence-electron chi connectivity index (χ4n) is 4.55. The molecule has 0 atom stereocenters. The van der Waals surface area contributed by atoms with Crippen LogP contribution in [0.2, 0.25) is 0 Å². The Balaban J connectivity index is 1.58. The summed E-state index contributed by atoms with van der Waals surface area (Å²) in [6.45, 7) is 6.39. The van der Waals surface area contributed by atoms with Crippen molar-refractivity contribution in [3.8, 4) is 0 Å². The van der Waals surface area contributed by atoms with Crippen molar-refractivity contribution in [1.29, 1.82) is 0 Å². The quantitative estimate of drug-likeness (QED) is 0.674. The highest BCUT2D eigenvalue weighted by molar-refractivity contribution is 5.82. The molecule has 0 aliphatic heterocycles. The molecule has 0 radical (unpaired) electrons. The van der Waals surface area contributed by atoms with Gasteiger partial charge in [0.25, 0.3) is 0 Å². The van der Waals surface area contributed by atoms with Crippen LogP contribution in [0.4, 0.5) is 17.5 Å². The number of carbonyl (C=O) groups is 1. The van der Waals surface area contributed by atoms with E-state index in [0.29, 0.717) is 18.8 Å². The minimum Gasteiger partial charge on any atom is -0.481 e. The molecule has 0 spiro atoms. The topological polar surface area (TPSA) is 87.1 Å². The largest absolute Gasteiger partial charge is 0.481 e. The molecule has 1 heterocycles. The van der Waals surface area contributed by atoms with Gasteiger partial charge in [-0.2, -0.15) is 4.98 Å². The normalized spacial score (nSPS) is 17.8. The van der Waals surface area contributed by atoms with Crippen LogP contribution < -0.4 is 10.6 Å². The number of carboxylic acids is 1. The number of anilines is 3. The van der Waals surface area contributed by atoms with Gasteiger partial charge in [-0.15, -0.1) is 0 Å². The third-order valence-corrected chi connectivity index (χ3v) is 5.99. The standard InChI is InChI=1S/C23H30N4O2/c1-22(2,3)27-19-17-7-6-8-18(17)25-21(26-19)24-16-11-9-15(10-12-16)23(20(28)29)13-4-5-14-23/h9-12H,4-8,13-14H2,1-3H3,(H,28,29)(H2,24,25,26,27). The molecular formula is C23H30N4O2. The summed E-state index contributed by atoms with van der Waals surface area (Å²) in [5.74, 6) is 0.782. The van der Waals surface area contributed by atoms with Crippen molar-refractivity contribution in [2.45, 2.75) is 76.7 Å². The summed E-state index contributed by atoms with van der Waals surface area (Å²) in [5.41, 5.74) is 3.29. The van der Waals surface area contributed by atoms with Gasteiger partial charge in [-0.1, -0.05) is 25.0 Å². The minimum atomic E-state index is -0.730. The van der Waals surface area contributed by atoms with E-state index < -0.39 is 11.4 Å². The van der Waals surface area contributed by atoms with Crippen LogP contribution in [-0.4, -0.2) is 26.6 Å². The number of fused-ring (bicyclic) bond motifs is 1. The Morgan fingerprint density at radius 1 is 1.03 bits per heavy atom. The number of benzene rings is 1. The van der Waals surface area contributed by atoms with E-state index in [4.69, 9.17) is 9.97 Å². The molecule has 0 saturated heterocycles. The second kappa shape index (κ2) is 7.32. The summed E-state index contributed by atoms with van der Waals surface area (Å²) in [5, 5.41) is 16.6. The zero-order valence-electron chi connectivity index (χ0n) is 17.5. The van der Waals surface area contributed by atoms with E-state index in [1.165, 1.54) is 5.56 Å². The molecule has 1 saturated carbocycles. The highest BCUT2D eigenvalue weighted by atomic mass is 16.4. The molecule has 0 amide bonds. The van der Waals surface area contributed by atoms with Gasteiger partial charge in [0.1, 0.15) is 5.82 Å². The molecule has 1 aromatic carbocycles. The average Bonchev–Trinajstić information content (AvgIpc) is 3.31. The Labute approximate surface area is 172 Å². The van der Waals surface area contributed by atoms with E-state index >= 15 is 0 Å². The molecule has 2 aromatic rings. The van der Waals surface area contributed by atoms with Crippen LogP contribution >= 0.6 is 0 Å². The maximum absolute atomic E-state index is 11.9. The van der Waals surface area contributed by atoms with Gasteiger partial charge in [0.15, 0.2) is 0 Å². The lowest BCUT2D eigenvalue weighted by Gasteiger charge is -2.25. The molecule has 1 aromatic heterocycles. The Kier molecular flexibility index (Phi) is 4.97. The lowest BCUT2D eigenvalue weighted by Crippen LogP contribution is -2.32. The zero-order valence-corrected chi connectivity index (χ0v) is 17.5. The van der Waals surface area contributed by atoms with Crippen molar-refractivity contribution >= 4 is 23.4 Å². The molecule has 6 nitrogen and oxygen atoms in total. The Morgan fingerprint density at radius 2 is 1.72 bits per heavy atom. The maximum Gasteiger partial charge on any atom is 0.314 e. The number of nitrogens with zero attached hydrogens (tertiary/aromatic N) is 2. The molecular weight excluding hydrogens is 364 g/mol. The van der Waals surface area contributed by atoms with Gasteiger partial charge in [0.05, 0.1) is 11.1 Å². The molecule has 0 bridgehead atoms. The number of aryl methyl sites for hydroxylation is 1. The third kappa shape index (κ3) is 3.93. The van der Waals surface area contributed by atoms with E-state index in [-0.39, 0.29) is 5.54 Å². The first-order valence-electron chi connectivity index (χ1n) is 10.6. The monoisotopic (exact) mass is 394 g/mol. The second-order valence-electron chi connectivity index (χ2n) is 9.35. The van der Waals surface area contributed by atoms with Gasteiger partial charge in [0, 0.05) is 16.8 Å². The SMILES string of the molecule is CC(C)(C)Nc1nc(Nc2ccc(C3(C(=O)O)CCCC3)cc2)nc2c1CCC2. The number of nitrogens with one attached hydrogen (secondary N) is 2. The molecule has 3 N–H and O–H groups in total. The lowest BCUT2D eigenvalue weighted by atomic mass is 9.79. The first kappa shape index (κ1) is 19.7. The first-order chi connectivity index (χ1) is 13.8. The molecule has 154 valence electrons. The van der Waals surface area contributed by atoms with Gasteiger partial charge in [-0.25, -0.2) is 4.98 Å². The molecule has 0 unspecified atom stereocenters. The van der Waals surface area contributed by atoms with Gasteiger partial charge in [-0.05, 0) is 70.6 Å². The van der Waals surface area contributed by atoms with Crippen molar-refractivity contribution in [2.75, 3.05) is 10.6 Å². The van der Waals surface area contributed by atoms with Gasteiger partial charge < -0.3 is 15.7 Å². The second-order valence-corrected chi connectivity index (χ2v) is 9.35. The van der Waals surface area contributed by atoms with Crippen LogP contribution in [0.3, 0.4) is 0 Å². The number of hydrogen-bond acceptors (Lipinski definition) is 5. The van der Waals surface area contributed by atoms with Gasteiger partial charge in [0.2, 0.25) is 5.95 Å². The number of aliphatic carboxylic acids is 1. The molecule has 6 heteroatoms. The summed E-state index contributed by atoms with van der Waals surface area (Å²) in [7, 11) is 0. The fourth-order valence-corrected chi connectivity index (χ4v) is 4.55. The highest BCUT2D eigenvalue weighted by Gasteiger charge is 2.42. The van der Waals surface area contributed by atoms with Crippen LogP contribution in [0, 0.1) is 0 Å². The van der Waals surface area contributed by atoms with Crippen LogP contribution in [-0.2, 0) is 23.1 Å². The van der Waals surface area contributed by atoms with Crippen molar-refractivity contribution in [3.05, 3.63) is 41.1 Å². The Hall–Kier alpha value is -2.63. The predicted molar refractivity (Wildman–Crippen MR) is 115 cm³/mol. The average molecular weight is 395 g/mol. The van der Waals surface area contributed by atoms with Crippen molar-refractivity contribution in [3.63, 3.8) is 0 Å². The number of aromatic nitrogens is 2. The molecule has 1 fully saturated rings. The summed E-state index contributed by atoms with van der Waals surface area (Å²) in [6.07, 6.45) is 6.47. The van der Waals surface area contributed by atoms with E-state index in [1.54, 1.807) is 0 Å². The summed E-state index contributed by atoms with van der Waals surface area (Å²) in [6, 6.07) is 7.74. The Morgan fingerprint density at radius 3 is 2.34 bits per heavy atom. The number of carboxylic acid groups (broad SMARTS) is 1. The van der Waals surface area contributed by atoms with Gasteiger partial charge in [-0.3, -0.25) is 4.79 Å². The van der Waals surface area contributed by atoms with Crippen molar-refractivity contribution in [1.82, 2.24) is 9.97 Å². The smallest absolute Gasteiger partial charge is 0.314 e. The van der Waals surface area contributed by atoms with E-state index in [1.807, 2.05) is 24.3 Å². The van der Waals surface area contributed by atoms with Crippen molar-refractivity contribution in [2.24, 2.45) is 0 Å². The number of hydrogen-bond donors (Lipinski definition) is 3. The fraction of sp³-hybridized carbons (Fsp3) is 0.522. The highest BCUT2D eigenvalue weighted by Crippen LogP contribution is 2.41. The summed E-state index contributed by atoms with van der Waals surface area (Å²) < 4.78 is 0. The van der Waals surface area contributed by atoms with E-state index in [2.05, 4.69) is 31.4 Å². The number of rotatable bonds is 5. The van der Waals surface area contributed by atoms with E-state index in [9.17, 15) is 9.90 Å². The lowest BCUT2D eigenvalue weighted by molar-refractivity contribution is -0.143. The maximum atomic E-state index is 11.9. The molecule has 2 aliphatic rings. The van der Waals surface area contributed by atoms with Crippen LogP contribution in [0.1, 0.15) is 69.7 Å². The van der Waals surface area contributed by atoms with Crippen LogP contribution in [0.25, 0.3) is 0 Å². The first-order valence-corrected chi connectivity index (χ1v) is 10.6. The van der Waals surface area contributed by atoms with Crippen molar-refractivity contribution < 1.29 is 9.90 Å². The minimum absolute atomic E-state index is 0.0733. The molecule has 2 aliphatic carbocycles. The summed E-state index contributed by atoms with van der Waals surface area (Å²) in [4.78, 5) is 21.4. The van der Waals surface area contributed by atoms with Crippen LogP contribution in [0.15, 0.2) is 24.3 Å². The van der Waals surface area contributed by atoms with E-state index in [0.717, 1.165) is 54.9 Å². The van der Waals surface area contributed by atoms with Gasteiger partial charge >= 0.3 is 5.97 Å². The molecule has 29 heavy (non-hydrogen) atoms. The third-order valence-electron chi connectivity index (χ3n) is 5.99. The Bertz CT molecular complexity index is 910.